The summed E-state index contributed by atoms with van der Waals surface area (Å²) in [5, 5.41) is 11.6. The molecule has 3 aromatic rings. The first kappa shape index (κ1) is 16.2. The zero-order valence-electron chi connectivity index (χ0n) is 12.4. The van der Waals surface area contributed by atoms with E-state index in [0.29, 0.717) is 35.1 Å². The molecule has 0 spiro atoms. The van der Waals surface area contributed by atoms with Crippen molar-refractivity contribution in [1.29, 1.82) is 0 Å². The van der Waals surface area contributed by atoms with Gasteiger partial charge in [0.25, 0.3) is 0 Å². The van der Waals surface area contributed by atoms with Gasteiger partial charge in [-0.05, 0) is 24.1 Å². The number of H-pyrrole nitrogens is 1. The number of thiazole rings is 1. The van der Waals surface area contributed by atoms with Crippen LogP contribution >= 0.6 is 11.3 Å². The highest BCUT2D eigenvalue weighted by atomic mass is 32.1. The van der Waals surface area contributed by atoms with Gasteiger partial charge in [0.05, 0.1) is 12.1 Å². The van der Waals surface area contributed by atoms with Crippen molar-refractivity contribution < 1.29 is 13.6 Å². The minimum atomic E-state index is -0.626. The van der Waals surface area contributed by atoms with Crippen LogP contribution in [0.2, 0.25) is 0 Å². The van der Waals surface area contributed by atoms with Gasteiger partial charge in [-0.15, -0.1) is 11.3 Å². The summed E-state index contributed by atoms with van der Waals surface area (Å²) in [4.78, 5) is 20.2. The Morgan fingerprint density at radius 3 is 2.75 bits per heavy atom. The predicted molar refractivity (Wildman–Crippen MR) is 84.3 cm³/mol. The van der Waals surface area contributed by atoms with Gasteiger partial charge in [-0.25, -0.2) is 18.7 Å². The lowest BCUT2D eigenvalue weighted by atomic mass is 10.1. The number of nitrogens with one attached hydrogen (secondary N) is 2. The van der Waals surface area contributed by atoms with E-state index in [-0.39, 0.29) is 12.3 Å². The monoisotopic (exact) mass is 349 g/mol. The molecule has 1 aromatic carbocycles. The van der Waals surface area contributed by atoms with Crippen molar-refractivity contribution in [2.45, 2.75) is 12.8 Å². The van der Waals surface area contributed by atoms with E-state index in [1.807, 2.05) is 0 Å². The van der Waals surface area contributed by atoms with E-state index in [1.54, 1.807) is 5.38 Å². The molecule has 124 valence electrons. The van der Waals surface area contributed by atoms with Crippen molar-refractivity contribution in [1.82, 2.24) is 25.5 Å². The second-order valence-electron chi connectivity index (χ2n) is 5.03. The van der Waals surface area contributed by atoms with Gasteiger partial charge >= 0.3 is 0 Å². The van der Waals surface area contributed by atoms with Crippen molar-refractivity contribution in [3.63, 3.8) is 0 Å². The van der Waals surface area contributed by atoms with Gasteiger partial charge in [0.15, 0.2) is 10.8 Å². The van der Waals surface area contributed by atoms with E-state index in [9.17, 15) is 13.6 Å². The number of aromatic amines is 1. The summed E-state index contributed by atoms with van der Waals surface area (Å²) in [6.45, 7) is 0.292. The summed E-state index contributed by atoms with van der Waals surface area (Å²) in [6, 6.07) is 3.31. The molecular weight excluding hydrogens is 336 g/mol. The summed E-state index contributed by atoms with van der Waals surface area (Å²) in [5.74, 6) is -0.904. The molecule has 0 saturated heterocycles. The topological polar surface area (TPSA) is 83.6 Å². The average Bonchev–Trinajstić information content (AvgIpc) is 3.16. The zero-order chi connectivity index (χ0) is 16.9. The van der Waals surface area contributed by atoms with Gasteiger partial charge in [-0.2, -0.15) is 5.10 Å². The molecule has 9 heteroatoms. The Bertz CT molecular complexity index is 814. The molecule has 24 heavy (non-hydrogen) atoms. The lowest BCUT2D eigenvalue weighted by Crippen LogP contribution is -2.27. The number of nitrogens with zero attached hydrogens (tertiary/aromatic N) is 3. The number of carbonyl (C=O) groups is 1. The quantitative estimate of drug-likeness (QED) is 0.714. The molecule has 2 heterocycles. The fourth-order valence-electron chi connectivity index (χ4n) is 2.13. The van der Waals surface area contributed by atoms with Crippen LogP contribution in [0.4, 0.5) is 8.78 Å². The number of halogens is 2. The minimum Gasteiger partial charge on any atom is -0.355 e. The number of amides is 1. The van der Waals surface area contributed by atoms with E-state index in [4.69, 9.17) is 0 Å². The molecule has 0 saturated carbocycles. The number of carbonyl (C=O) groups excluding carboxylic acids is 1. The first-order valence-corrected chi connectivity index (χ1v) is 8.00. The van der Waals surface area contributed by atoms with E-state index < -0.39 is 11.6 Å². The zero-order valence-corrected chi connectivity index (χ0v) is 13.2. The third kappa shape index (κ3) is 4.19. The van der Waals surface area contributed by atoms with Gasteiger partial charge in [0.2, 0.25) is 5.91 Å². The van der Waals surface area contributed by atoms with Crippen LogP contribution in [0.25, 0.3) is 10.8 Å². The SMILES string of the molecule is O=C(Cc1csc(-c2ncn[nH]2)n1)NCCc1cc(F)cc(F)c1. The first-order chi connectivity index (χ1) is 11.6. The molecule has 0 aliphatic heterocycles. The molecule has 0 aliphatic rings. The maximum Gasteiger partial charge on any atom is 0.226 e. The Hall–Kier alpha value is -2.68. The molecule has 0 aliphatic carbocycles. The molecular formula is C15H13F2N5OS. The van der Waals surface area contributed by atoms with Crippen molar-refractivity contribution in [2.75, 3.05) is 6.54 Å². The van der Waals surface area contributed by atoms with Gasteiger partial charge in [-0.1, -0.05) is 0 Å². The molecule has 0 atom stereocenters. The maximum absolute atomic E-state index is 13.1. The summed E-state index contributed by atoms with van der Waals surface area (Å²) in [7, 11) is 0. The third-order valence-corrected chi connectivity index (χ3v) is 4.07. The predicted octanol–water partition coefficient (Wildman–Crippen LogP) is 2.11. The normalized spacial score (nSPS) is 10.8. The molecule has 2 N–H and O–H groups in total. The van der Waals surface area contributed by atoms with E-state index in [2.05, 4.69) is 25.5 Å². The van der Waals surface area contributed by atoms with Gasteiger partial charge in [-0.3, -0.25) is 9.89 Å². The fraction of sp³-hybridized carbons (Fsp3) is 0.200. The van der Waals surface area contributed by atoms with Crippen LogP contribution in [-0.2, 0) is 17.6 Å². The molecule has 0 unspecified atom stereocenters. The second-order valence-corrected chi connectivity index (χ2v) is 5.89. The highest BCUT2D eigenvalue weighted by Gasteiger charge is 2.10. The standard InChI is InChI=1S/C15H13F2N5OS/c16-10-3-9(4-11(17)5-10)1-2-18-13(23)6-12-7-24-15(21-12)14-19-8-20-22-14/h3-5,7-8H,1-2,6H2,(H,18,23)(H,19,20,22). The number of hydrogen-bond donors (Lipinski definition) is 2. The highest BCUT2D eigenvalue weighted by Crippen LogP contribution is 2.19. The van der Waals surface area contributed by atoms with E-state index in [0.717, 1.165) is 6.07 Å². The molecule has 0 bridgehead atoms. The number of benzene rings is 1. The molecule has 0 radical (unpaired) electrons. The van der Waals surface area contributed by atoms with Crippen molar-refractivity contribution in [2.24, 2.45) is 0 Å². The van der Waals surface area contributed by atoms with Crippen molar-refractivity contribution in [3.8, 4) is 10.8 Å². The van der Waals surface area contributed by atoms with Crippen molar-refractivity contribution >= 4 is 17.2 Å². The van der Waals surface area contributed by atoms with Gasteiger partial charge in [0, 0.05) is 18.0 Å². The summed E-state index contributed by atoms with van der Waals surface area (Å²) >= 11 is 1.36. The number of hydrogen-bond acceptors (Lipinski definition) is 5. The van der Waals surface area contributed by atoms with Crippen molar-refractivity contribution in [3.05, 3.63) is 52.8 Å². The Balaban J connectivity index is 1.49. The summed E-state index contributed by atoms with van der Waals surface area (Å²) < 4.78 is 26.1. The van der Waals surface area contributed by atoms with E-state index >= 15 is 0 Å². The Kier molecular flexibility index (Phi) is 4.90. The largest absolute Gasteiger partial charge is 0.355 e. The van der Waals surface area contributed by atoms with E-state index in [1.165, 1.54) is 29.8 Å². The van der Waals surface area contributed by atoms with Crippen LogP contribution in [-0.4, -0.2) is 32.6 Å². The molecule has 6 nitrogen and oxygen atoms in total. The Morgan fingerprint density at radius 1 is 1.25 bits per heavy atom. The van der Waals surface area contributed by atoms with Gasteiger partial charge < -0.3 is 5.32 Å². The highest BCUT2D eigenvalue weighted by molar-refractivity contribution is 7.13. The lowest BCUT2D eigenvalue weighted by Gasteiger charge is -2.05. The van der Waals surface area contributed by atoms with Crippen LogP contribution < -0.4 is 5.32 Å². The molecule has 0 fully saturated rings. The van der Waals surface area contributed by atoms with Crippen LogP contribution in [0, 0.1) is 11.6 Å². The van der Waals surface area contributed by atoms with Crippen LogP contribution in [0.5, 0.6) is 0 Å². The smallest absolute Gasteiger partial charge is 0.226 e. The maximum atomic E-state index is 13.1. The fourth-order valence-corrected chi connectivity index (χ4v) is 2.90. The Labute approximate surface area is 140 Å². The first-order valence-electron chi connectivity index (χ1n) is 7.12. The Morgan fingerprint density at radius 2 is 2.04 bits per heavy atom. The average molecular weight is 349 g/mol. The van der Waals surface area contributed by atoms with Gasteiger partial charge in [0.1, 0.15) is 18.0 Å². The molecule has 1 amide bonds. The summed E-state index contributed by atoms with van der Waals surface area (Å²) in [6.07, 6.45) is 1.86. The lowest BCUT2D eigenvalue weighted by molar-refractivity contribution is -0.120. The van der Waals surface area contributed by atoms with Crippen LogP contribution in [0.15, 0.2) is 29.9 Å². The minimum absolute atomic E-state index is 0.127. The third-order valence-electron chi connectivity index (χ3n) is 3.17. The second kappa shape index (κ2) is 7.26. The van der Waals surface area contributed by atoms with Crippen LogP contribution in [0.3, 0.4) is 0 Å². The molecule has 2 aromatic heterocycles. The summed E-state index contributed by atoms with van der Waals surface area (Å²) in [5.41, 5.74) is 1.12. The number of aromatic nitrogens is 4. The molecule has 3 rings (SSSR count). The number of rotatable bonds is 6. The van der Waals surface area contributed by atoms with Crippen LogP contribution in [0.1, 0.15) is 11.3 Å².